The average molecular weight is 405 g/mol. The number of benzene rings is 2. The Bertz CT molecular complexity index is 943. The largest absolute Gasteiger partial charge is 0.487 e. The van der Waals surface area contributed by atoms with Gasteiger partial charge in [-0.05, 0) is 44.5 Å². The lowest BCUT2D eigenvalue weighted by Gasteiger charge is -2.26. The van der Waals surface area contributed by atoms with Crippen molar-refractivity contribution in [3.63, 3.8) is 0 Å². The Balaban J connectivity index is 2.40. The number of amides is 1. The summed E-state index contributed by atoms with van der Waals surface area (Å²) < 4.78 is 28.1. The Kier molecular flexibility index (Phi) is 6.72. The number of carbonyl (C=O) groups excluding carboxylic acids is 1. The van der Waals surface area contributed by atoms with Gasteiger partial charge in [-0.3, -0.25) is 4.90 Å². The third kappa shape index (κ3) is 5.73. The predicted octanol–water partition coefficient (Wildman–Crippen LogP) is 4.72. The van der Waals surface area contributed by atoms with Gasteiger partial charge in [0.25, 0.3) is 0 Å². The van der Waals surface area contributed by atoms with E-state index in [1.165, 1.54) is 11.9 Å². The maximum atomic E-state index is 12.7. The highest BCUT2D eigenvalue weighted by molar-refractivity contribution is 7.93. The van der Waals surface area contributed by atoms with Crippen LogP contribution in [-0.4, -0.2) is 36.3 Å². The van der Waals surface area contributed by atoms with Crippen LogP contribution >= 0.6 is 0 Å². The van der Waals surface area contributed by atoms with Crippen molar-refractivity contribution in [1.82, 2.24) is 0 Å². The van der Waals surface area contributed by atoms with Crippen LogP contribution in [0.3, 0.4) is 0 Å². The molecule has 0 bridgehead atoms. The number of carbonyl (C=O) groups is 1. The second-order valence-electron chi connectivity index (χ2n) is 7.43. The van der Waals surface area contributed by atoms with Crippen LogP contribution in [0.25, 0.3) is 0 Å². The van der Waals surface area contributed by atoms with E-state index in [1.807, 2.05) is 30.3 Å². The maximum absolute atomic E-state index is 12.7. The minimum Gasteiger partial charge on any atom is -0.487 e. The third-order valence-electron chi connectivity index (χ3n) is 3.98. The fraction of sp³-hybridized carbons (Fsp3) is 0.381. The van der Waals surface area contributed by atoms with E-state index < -0.39 is 21.4 Å². The predicted molar refractivity (Wildman–Crippen MR) is 113 cm³/mol. The number of rotatable bonds is 5. The molecule has 2 aromatic carbocycles. The van der Waals surface area contributed by atoms with Crippen LogP contribution in [0, 0.1) is 0 Å². The fourth-order valence-corrected chi connectivity index (χ4v) is 3.25. The molecule has 1 atom stereocenters. The fourth-order valence-electron chi connectivity index (χ4n) is 2.39. The summed E-state index contributed by atoms with van der Waals surface area (Å²) in [5, 5.41) is 0. The molecular formula is C21H28N2O4S. The standard InChI is InChI=1S/C21H28N2O4S/c1-21(2,3)27-20(24)23(5)18-14-17(28(6,25)22-4)12-13-19(18)26-15-16-10-8-7-9-11-16/h7-14H,15H2,1-6H3. The lowest BCUT2D eigenvalue weighted by Crippen LogP contribution is -2.34. The highest BCUT2D eigenvalue weighted by atomic mass is 32.2. The molecule has 1 unspecified atom stereocenters. The van der Waals surface area contributed by atoms with Crippen LogP contribution in [0.1, 0.15) is 26.3 Å². The molecule has 152 valence electrons. The summed E-state index contributed by atoms with van der Waals surface area (Å²) in [7, 11) is 0.555. The minimum atomic E-state index is -2.56. The molecule has 28 heavy (non-hydrogen) atoms. The topological polar surface area (TPSA) is 68.2 Å². The van der Waals surface area contributed by atoms with Crippen LogP contribution in [0.5, 0.6) is 5.75 Å². The first-order chi connectivity index (χ1) is 13.0. The van der Waals surface area contributed by atoms with Crippen LogP contribution < -0.4 is 9.64 Å². The molecule has 2 aromatic rings. The molecule has 0 aliphatic carbocycles. The summed E-state index contributed by atoms with van der Waals surface area (Å²) in [4.78, 5) is 14.5. The van der Waals surface area contributed by atoms with Crippen LogP contribution in [0.15, 0.2) is 57.8 Å². The van der Waals surface area contributed by atoms with Gasteiger partial charge < -0.3 is 9.47 Å². The maximum Gasteiger partial charge on any atom is 0.414 e. The van der Waals surface area contributed by atoms with Gasteiger partial charge in [-0.15, -0.1) is 0 Å². The van der Waals surface area contributed by atoms with Gasteiger partial charge in [-0.2, -0.15) is 0 Å². The number of anilines is 1. The summed E-state index contributed by atoms with van der Waals surface area (Å²) >= 11 is 0. The van der Waals surface area contributed by atoms with Crippen molar-refractivity contribution >= 4 is 21.5 Å². The van der Waals surface area contributed by atoms with Crippen molar-refractivity contribution in [1.29, 1.82) is 0 Å². The molecule has 7 heteroatoms. The molecule has 0 saturated heterocycles. The molecule has 0 radical (unpaired) electrons. The molecule has 2 rings (SSSR count). The van der Waals surface area contributed by atoms with Crippen LogP contribution in [-0.2, 0) is 21.1 Å². The Morgan fingerprint density at radius 2 is 1.79 bits per heavy atom. The van der Waals surface area contributed by atoms with E-state index in [9.17, 15) is 9.00 Å². The monoisotopic (exact) mass is 404 g/mol. The second kappa shape index (κ2) is 8.65. The second-order valence-corrected chi connectivity index (χ2v) is 9.87. The van der Waals surface area contributed by atoms with E-state index in [1.54, 1.807) is 52.3 Å². The van der Waals surface area contributed by atoms with Gasteiger partial charge in [0.2, 0.25) is 0 Å². The first kappa shape index (κ1) is 21.8. The average Bonchev–Trinajstić information content (AvgIpc) is 2.65. The minimum absolute atomic E-state index is 0.342. The zero-order valence-electron chi connectivity index (χ0n) is 17.3. The Labute approximate surface area is 167 Å². The lowest BCUT2D eigenvalue weighted by molar-refractivity contribution is 0.0588. The smallest absolute Gasteiger partial charge is 0.414 e. The van der Waals surface area contributed by atoms with E-state index in [-0.39, 0.29) is 0 Å². The lowest BCUT2D eigenvalue weighted by atomic mass is 10.2. The normalized spacial score (nSPS) is 13.4. The van der Waals surface area contributed by atoms with Gasteiger partial charge in [0, 0.05) is 25.2 Å². The van der Waals surface area contributed by atoms with Gasteiger partial charge in [-0.25, -0.2) is 13.4 Å². The van der Waals surface area contributed by atoms with Gasteiger partial charge in [-0.1, -0.05) is 30.3 Å². The van der Waals surface area contributed by atoms with E-state index in [0.29, 0.717) is 22.9 Å². The molecule has 6 nitrogen and oxygen atoms in total. The molecule has 0 N–H and O–H groups in total. The van der Waals surface area contributed by atoms with Crippen molar-refractivity contribution in [2.75, 3.05) is 25.3 Å². The molecule has 0 heterocycles. The number of hydrogen-bond acceptors (Lipinski definition) is 5. The number of nitrogens with zero attached hydrogens (tertiary/aromatic N) is 2. The van der Waals surface area contributed by atoms with Crippen molar-refractivity contribution in [3.8, 4) is 5.75 Å². The Morgan fingerprint density at radius 1 is 1.14 bits per heavy atom. The van der Waals surface area contributed by atoms with Gasteiger partial charge in [0.05, 0.1) is 15.4 Å². The van der Waals surface area contributed by atoms with Gasteiger partial charge >= 0.3 is 6.09 Å². The summed E-state index contributed by atoms with van der Waals surface area (Å²) in [6.07, 6.45) is 1.04. The third-order valence-corrected chi connectivity index (χ3v) is 5.81. The van der Waals surface area contributed by atoms with Crippen LogP contribution in [0.4, 0.5) is 10.5 Å². The summed E-state index contributed by atoms with van der Waals surface area (Å²) in [6.45, 7) is 5.75. The molecular weight excluding hydrogens is 376 g/mol. The highest BCUT2D eigenvalue weighted by Gasteiger charge is 2.24. The zero-order chi connectivity index (χ0) is 20.9. The van der Waals surface area contributed by atoms with Gasteiger partial charge in [0.15, 0.2) is 0 Å². The van der Waals surface area contributed by atoms with Crippen LogP contribution in [0.2, 0.25) is 0 Å². The van der Waals surface area contributed by atoms with Crippen molar-refractivity contribution < 1.29 is 18.5 Å². The Morgan fingerprint density at radius 3 is 2.36 bits per heavy atom. The summed E-state index contributed by atoms with van der Waals surface area (Å²) in [5.74, 6) is 0.493. The first-order valence-electron chi connectivity index (χ1n) is 8.91. The SMILES string of the molecule is CN=S(C)(=O)c1ccc(OCc2ccccc2)c(N(C)C(=O)OC(C)(C)C)c1. The number of hydrogen-bond donors (Lipinski definition) is 0. The quantitative estimate of drug-likeness (QED) is 0.723. The molecule has 0 saturated carbocycles. The molecule has 0 aliphatic rings. The zero-order valence-corrected chi connectivity index (χ0v) is 18.1. The van der Waals surface area contributed by atoms with Gasteiger partial charge in [0.1, 0.15) is 18.0 Å². The van der Waals surface area contributed by atoms with E-state index in [0.717, 1.165) is 5.56 Å². The molecule has 0 spiro atoms. The van der Waals surface area contributed by atoms with E-state index in [4.69, 9.17) is 9.47 Å². The first-order valence-corrected chi connectivity index (χ1v) is 10.8. The van der Waals surface area contributed by atoms with Crippen molar-refractivity contribution in [2.45, 2.75) is 37.9 Å². The van der Waals surface area contributed by atoms with Crippen molar-refractivity contribution in [2.24, 2.45) is 4.36 Å². The highest BCUT2D eigenvalue weighted by Crippen LogP contribution is 2.32. The Hall–Kier alpha value is -2.54. The summed E-state index contributed by atoms with van der Waals surface area (Å²) in [5.41, 5.74) is 0.839. The molecule has 0 aromatic heterocycles. The summed E-state index contributed by atoms with van der Waals surface area (Å²) in [6, 6.07) is 14.8. The van der Waals surface area contributed by atoms with E-state index in [2.05, 4.69) is 4.36 Å². The molecule has 1 amide bonds. The van der Waals surface area contributed by atoms with E-state index >= 15 is 0 Å². The molecule has 0 fully saturated rings. The van der Waals surface area contributed by atoms with Crippen molar-refractivity contribution in [3.05, 3.63) is 54.1 Å². The molecule has 0 aliphatic heterocycles. The number of ether oxygens (including phenoxy) is 2.